The second kappa shape index (κ2) is 13.1. The van der Waals surface area contributed by atoms with E-state index < -0.39 is 47.9 Å². The van der Waals surface area contributed by atoms with Crippen LogP contribution in [0.2, 0.25) is 0 Å². The molecule has 1 heterocycles. The first-order chi connectivity index (χ1) is 18.5. The van der Waals surface area contributed by atoms with Crippen molar-refractivity contribution in [1.82, 2.24) is 0 Å². The van der Waals surface area contributed by atoms with Crippen molar-refractivity contribution in [2.24, 2.45) is 11.8 Å². The Bertz CT molecular complexity index is 1130. The molecule has 210 valence electrons. The summed E-state index contributed by atoms with van der Waals surface area (Å²) in [6.07, 6.45) is -1.26. The van der Waals surface area contributed by atoms with Gasteiger partial charge in [0.15, 0.2) is 23.0 Å². The molecule has 0 N–H and O–H groups in total. The molecule has 0 saturated carbocycles. The number of benzene rings is 2. The summed E-state index contributed by atoms with van der Waals surface area (Å²) < 4.78 is 38.6. The van der Waals surface area contributed by atoms with Crippen molar-refractivity contribution < 1.29 is 52.3 Å². The van der Waals surface area contributed by atoms with Gasteiger partial charge in [-0.2, -0.15) is 0 Å². The normalized spacial score (nSPS) is 20.1. The van der Waals surface area contributed by atoms with Crippen LogP contribution >= 0.6 is 0 Å². The lowest BCUT2D eigenvalue weighted by Crippen LogP contribution is -2.27. The molecule has 0 unspecified atom stereocenters. The van der Waals surface area contributed by atoms with E-state index in [1.54, 1.807) is 36.4 Å². The van der Waals surface area contributed by atoms with Crippen LogP contribution < -0.4 is 18.9 Å². The molecule has 0 amide bonds. The van der Waals surface area contributed by atoms with Crippen molar-refractivity contribution in [3.8, 4) is 23.0 Å². The minimum Gasteiger partial charge on any atom is -0.493 e. The molecule has 0 aromatic heterocycles. The Hall–Kier alpha value is -4.12. The summed E-state index contributed by atoms with van der Waals surface area (Å²) in [6, 6.07) is 9.99. The fourth-order valence-corrected chi connectivity index (χ4v) is 4.51. The van der Waals surface area contributed by atoms with E-state index in [1.165, 1.54) is 41.9 Å². The van der Waals surface area contributed by atoms with Crippen LogP contribution in [0, 0.1) is 11.8 Å². The molecular formula is C28H32O11. The van der Waals surface area contributed by atoms with Crippen molar-refractivity contribution in [1.29, 1.82) is 0 Å². The van der Waals surface area contributed by atoms with Crippen LogP contribution in [0.4, 0.5) is 0 Å². The molecular weight excluding hydrogens is 512 g/mol. The molecule has 0 spiro atoms. The molecule has 1 aliphatic heterocycles. The zero-order chi connectivity index (χ0) is 28.7. The third-order valence-electron chi connectivity index (χ3n) is 6.12. The molecule has 39 heavy (non-hydrogen) atoms. The number of rotatable bonds is 10. The third-order valence-corrected chi connectivity index (χ3v) is 6.12. The number of methoxy groups -OCH3 is 2. The maximum atomic E-state index is 11.7. The van der Waals surface area contributed by atoms with Crippen molar-refractivity contribution in [2.45, 2.75) is 39.9 Å². The van der Waals surface area contributed by atoms with Gasteiger partial charge in [0, 0.05) is 39.5 Å². The van der Waals surface area contributed by atoms with Gasteiger partial charge in [0.05, 0.1) is 39.6 Å². The van der Waals surface area contributed by atoms with E-state index in [0.717, 1.165) is 0 Å². The van der Waals surface area contributed by atoms with Gasteiger partial charge < -0.3 is 33.2 Å². The average molecular weight is 545 g/mol. The predicted molar refractivity (Wildman–Crippen MR) is 135 cm³/mol. The third kappa shape index (κ3) is 7.47. The quantitative estimate of drug-likeness (QED) is 0.320. The highest BCUT2D eigenvalue weighted by molar-refractivity contribution is 5.71. The number of hydrogen-bond acceptors (Lipinski definition) is 11. The van der Waals surface area contributed by atoms with Crippen LogP contribution in [0.3, 0.4) is 0 Å². The van der Waals surface area contributed by atoms with Crippen LogP contribution in [0.1, 0.15) is 51.0 Å². The minimum absolute atomic E-state index is 0.0148. The Morgan fingerprint density at radius 1 is 0.615 bits per heavy atom. The predicted octanol–water partition coefficient (Wildman–Crippen LogP) is 3.73. The maximum absolute atomic E-state index is 11.7. The Kier molecular flexibility index (Phi) is 9.89. The number of hydrogen-bond donors (Lipinski definition) is 0. The van der Waals surface area contributed by atoms with Gasteiger partial charge in [-0.25, -0.2) is 0 Å². The van der Waals surface area contributed by atoms with Crippen molar-refractivity contribution >= 4 is 23.9 Å². The van der Waals surface area contributed by atoms with Crippen molar-refractivity contribution in [2.75, 3.05) is 27.4 Å². The second-order valence-electron chi connectivity index (χ2n) is 8.92. The summed E-state index contributed by atoms with van der Waals surface area (Å²) in [7, 11) is 2.89. The Balaban J connectivity index is 2.07. The second-order valence-corrected chi connectivity index (χ2v) is 8.92. The summed E-state index contributed by atoms with van der Waals surface area (Å²) in [4.78, 5) is 46.5. The Morgan fingerprint density at radius 3 is 1.31 bits per heavy atom. The molecule has 1 fully saturated rings. The first-order valence-corrected chi connectivity index (χ1v) is 12.2. The van der Waals surface area contributed by atoms with E-state index in [9.17, 15) is 19.2 Å². The molecule has 11 nitrogen and oxygen atoms in total. The number of carbonyl (C=O) groups excluding carboxylic acids is 4. The van der Waals surface area contributed by atoms with E-state index in [1.807, 2.05) is 0 Å². The topological polar surface area (TPSA) is 133 Å². The fraction of sp³-hybridized carbons (Fsp3) is 0.429. The van der Waals surface area contributed by atoms with Crippen molar-refractivity contribution in [3.63, 3.8) is 0 Å². The van der Waals surface area contributed by atoms with Gasteiger partial charge in [-0.3, -0.25) is 19.2 Å². The zero-order valence-corrected chi connectivity index (χ0v) is 22.7. The Labute approximate surface area is 226 Å². The number of esters is 4. The van der Waals surface area contributed by atoms with Gasteiger partial charge in [-0.1, -0.05) is 12.1 Å². The molecule has 0 bridgehead atoms. The summed E-state index contributed by atoms with van der Waals surface area (Å²) in [6.45, 7) is 5.15. The summed E-state index contributed by atoms with van der Waals surface area (Å²) in [5.41, 5.74) is 1.33. The van der Waals surface area contributed by atoms with Gasteiger partial charge in [-0.05, 0) is 35.4 Å². The molecule has 0 aliphatic carbocycles. The first-order valence-electron chi connectivity index (χ1n) is 12.2. The standard InChI is InChI=1S/C28H32O11/c1-15(29)35-13-21-22(14-36-16(2)30)28(20-8-10-24(38-18(4)32)26(12-20)34-6)39-27(21)19-7-9-23(37-17(3)31)25(11-19)33-5/h7-12,21-22,27-28H,13-14H2,1-6H3/t21-,22-,27-,28-/m1/s1. The maximum Gasteiger partial charge on any atom is 0.308 e. The van der Waals surface area contributed by atoms with E-state index >= 15 is 0 Å². The highest BCUT2D eigenvalue weighted by Gasteiger charge is 2.47. The smallest absolute Gasteiger partial charge is 0.308 e. The SMILES string of the molecule is COc1cc([C@H]2O[C@H](c3ccc(OC(C)=O)c(OC)c3)[C@H](COC(C)=O)[C@H]2COC(C)=O)ccc1OC(C)=O. The van der Waals surface area contributed by atoms with E-state index in [0.29, 0.717) is 22.6 Å². The van der Waals surface area contributed by atoms with Crippen LogP contribution in [-0.2, 0) is 33.4 Å². The highest BCUT2D eigenvalue weighted by Crippen LogP contribution is 2.51. The van der Waals surface area contributed by atoms with E-state index in [2.05, 4.69) is 0 Å². The first kappa shape index (κ1) is 29.4. The lowest BCUT2D eigenvalue weighted by molar-refractivity contribution is -0.146. The summed E-state index contributed by atoms with van der Waals surface area (Å²) in [5, 5.41) is 0. The minimum atomic E-state index is -0.630. The molecule has 2 aromatic carbocycles. The molecule has 3 rings (SSSR count). The molecule has 4 atom stereocenters. The molecule has 11 heteroatoms. The zero-order valence-electron chi connectivity index (χ0n) is 22.7. The van der Waals surface area contributed by atoms with Crippen LogP contribution in [-0.4, -0.2) is 51.3 Å². The van der Waals surface area contributed by atoms with Gasteiger partial charge in [0.2, 0.25) is 0 Å². The summed E-state index contributed by atoms with van der Waals surface area (Å²) >= 11 is 0. The lowest BCUT2D eigenvalue weighted by Gasteiger charge is -2.24. The number of carbonyl (C=O) groups is 4. The van der Waals surface area contributed by atoms with Gasteiger partial charge >= 0.3 is 23.9 Å². The van der Waals surface area contributed by atoms with Gasteiger partial charge in [0.25, 0.3) is 0 Å². The van der Waals surface area contributed by atoms with Crippen LogP contribution in [0.5, 0.6) is 23.0 Å². The molecule has 1 saturated heterocycles. The average Bonchev–Trinajstić information content (AvgIpc) is 3.24. The number of ether oxygens (including phenoxy) is 7. The lowest BCUT2D eigenvalue weighted by atomic mass is 9.83. The monoisotopic (exact) mass is 544 g/mol. The van der Waals surface area contributed by atoms with E-state index in [-0.39, 0.29) is 24.7 Å². The fourth-order valence-electron chi connectivity index (χ4n) is 4.51. The molecule has 0 radical (unpaired) electrons. The Morgan fingerprint density at radius 2 is 1.00 bits per heavy atom. The van der Waals surface area contributed by atoms with Crippen LogP contribution in [0.25, 0.3) is 0 Å². The molecule has 2 aromatic rings. The van der Waals surface area contributed by atoms with Crippen LogP contribution in [0.15, 0.2) is 36.4 Å². The van der Waals surface area contributed by atoms with Gasteiger partial charge in [0.1, 0.15) is 0 Å². The van der Waals surface area contributed by atoms with Gasteiger partial charge in [-0.15, -0.1) is 0 Å². The largest absolute Gasteiger partial charge is 0.493 e. The summed E-state index contributed by atoms with van der Waals surface area (Å²) in [5.74, 6) is -1.74. The van der Waals surface area contributed by atoms with Crippen molar-refractivity contribution in [3.05, 3.63) is 47.5 Å². The van der Waals surface area contributed by atoms with E-state index in [4.69, 9.17) is 33.2 Å². The molecule has 1 aliphatic rings. The highest BCUT2D eigenvalue weighted by atomic mass is 16.6.